The molecule has 3 heterocycles. The molecule has 7 heteroatoms. The topological polar surface area (TPSA) is 72.4 Å². The fourth-order valence-electron chi connectivity index (χ4n) is 3.33. The molecule has 0 fully saturated rings. The molecule has 0 spiro atoms. The van der Waals surface area contributed by atoms with E-state index in [1.807, 2.05) is 13.0 Å². The molecular formula is C20H19FN4O2. The molecule has 6 nitrogen and oxygen atoms in total. The standard InChI is InChI=1S/C20H19FN4O2/c1-2-16-18(13-4-6-14(21)7-5-13)19-22-12-15-17(25(19)23-16)8-10-24(20(15)27)9-3-11-26/h4-8,10,12,26H,2-3,9,11H2,1H3. The highest BCUT2D eigenvalue weighted by atomic mass is 19.1. The van der Waals surface area contributed by atoms with Gasteiger partial charge >= 0.3 is 0 Å². The zero-order valence-electron chi connectivity index (χ0n) is 14.9. The lowest BCUT2D eigenvalue weighted by molar-refractivity contribution is 0.279. The largest absolute Gasteiger partial charge is 0.396 e. The number of aliphatic hydroxyl groups is 1. The molecule has 0 atom stereocenters. The van der Waals surface area contributed by atoms with Gasteiger partial charge in [-0.2, -0.15) is 5.10 Å². The number of aromatic nitrogens is 4. The first kappa shape index (κ1) is 17.4. The second-order valence-electron chi connectivity index (χ2n) is 6.37. The van der Waals surface area contributed by atoms with Crippen LogP contribution in [0.4, 0.5) is 4.39 Å². The summed E-state index contributed by atoms with van der Waals surface area (Å²) in [4.78, 5) is 17.2. The van der Waals surface area contributed by atoms with E-state index >= 15 is 0 Å². The van der Waals surface area contributed by atoms with Crippen LogP contribution in [0, 0.1) is 5.82 Å². The molecule has 138 valence electrons. The van der Waals surface area contributed by atoms with Crippen LogP contribution in [0.2, 0.25) is 0 Å². The highest BCUT2D eigenvalue weighted by Crippen LogP contribution is 2.29. The summed E-state index contributed by atoms with van der Waals surface area (Å²) < 4.78 is 16.6. The van der Waals surface area contributed by atoms with Crippen LogP contribution in [0.5, 0.6) is 0 Å². The predicted molar refractivity (Wildman–Crippen MR) is 101 cm³/mol. The summed E-state index contributed by atoms with van der Waals surface area (Å²) in [5.74, 6) is -0.296. The monoisotopic (exact) mass is 366 g/mol. The summed E-state index contributed by atoms with van der Waals surface area (Å²) in [5.41, 5.74) is 3.68. The van der Waals surface area contributed by atoms with Crippen LogP contribution in [-0.2, 0) is 13.0 Å². The van der Waals surface area contributed by atoms with Gasteiger partial charge in [0.1, 0.15) is 5.82 Å². The SMILES string of the molecule is CCc1nn2c(ncc3c(=O)n(CCCO)ccc32)c1-c1ccc(F)cc1. The summed E-state index contributed by atoms with van der Waals surface area (Å²) >= 11 is 0. The summed E-state index contributed by atoms with van der Waals surface area (Å²) in [7, 11) is 0. The number of hydrogen-bond donors (Lipinski definition) is 1. The van der Waals surface area contributed by atoms with Crippen molar-refractivity contribution in [2.75, 3.05) is 6.61 Å². The van der Waals surface area contributed by atoms with Crippen LogP contribution < -0.4 is 5.56 Å². The van der Waals surface area contributed by atoms with Crippen LogP contribution in [0.1, 0.15) is 19.0 Å². The Bertz CT molecular complexity index is 1180. The first-order chi connectivity index (χ1) is 13.1. The van der Waals surface area contributed by atoms with Gasteiger partial charge in [0, 0.05) is 31.1 Å². The number of nitrogens with zero attached hydrogens (tertiary/aromatic N) is 4. The quantitative estimate of drug-likeness (QED) is 0.590. The Morgan fingerprint density at radius 2 is 1.96 bits per heavy atom. The maximum Gasteiger partial charge on any atom is 0.261 e. The first-order valence-corrected chi connectivity index (χ1v) is 8.90. The highest BCUT2D eigenvalue weighted by Gasteiger charge is 2.17. The number of aliphatic hydroxyl groups excluding tert-OH is 1. The second kappa shape index (κ2) is 6.92. The van der Waals surface area contributed by atoms with Gasteiger partial charge in [0.25, 0.3) is 5.56 Å². The summed E-state index contributed by atoms with van der Waals surface area (Å²) in [6.45, 7) is 2.48. The molecule has 1 N–H and O–H groups in total. The number of halogens is 1. The third kappa shape index (κ3) is 2.90. The minimum atomic E-state index is -0.296. The van der Waals surface area contributed by atoms with Crippen LogP contribution >= 0.6 is 0 Å². The summed E-state index contributed by atoms with van der Waals surface area (Å²) in [6, 6.07) is 8.09. The van der Waals surface area contributed by atoms with E-state index < -0.39 is 0 Å². The van der Waals surface area contributed by atoms with Crippen molar-refractivity contribution >= 4 is 16.6 Å². The molecular weight excluding hydrogens is 347 g/mol. The van der Waals surface area contributed by atoms with Crippen molar-refractivity contribution in [3.05, 3.63) is 64.6 Å². The van der Waals surface area contributed by atoms with Crippen LogP contribution in [-0.4, -0.2) is 30.9 Å². The molecule has 0 bridgehead atoms. The number of hydrogen-bond acceptors (Lipinski definition) is 4. The fourth-order valence-corrected chi connectivity index (χ4v) is 3.33. The van der Waals surface area contributed by atoms with Gasteiger partial charge in [-0.3, -0.25) is 4.79 Å². The van der Waals surface area contributed by atoms with Crippen molar-refractivity contribution in [1.82, 2.24) is 19.2 Å². The minimum absolute atomic E-state index is 0.0296. The van der Waals surface area contributed by atoms with E-state index in [1.54, 1.807) is 33.6 Å². The molecule has 0 radical (unpaired) electrons. The van der Waals surface area contributed by atoms with E-state index in [9.17, 15) is 9.18 Å². The van der Waals surface area contributed by atoms with Crippen LogP contribution in [0.3, 0.4) is 0 Å². The Balaban J connectivity index is 1.97. The third-order valence-electron chi connectivity index (χ3n) is 4.68. The van der Waals surface area contributed by atoms with Gasteiger partial charge < -0.3 is 9.67 Å². The van der Waals surface area contributed by atoms with E-state index in [0.717, 1.165) is 16.8 Å². The molecule has 0 amide bonds. The maximum absolute atomic E-state index is 13.3. The van der Waals surface area contributed by atoms with Crippen molar-refractivity contribution in [2.24, 2.45) is 0 Å². The van der Waals surface area contributed by atoms with Gasteiger partial charge in [-0.1, -0.05) is 19.1 Å². The minimum Gasteiger partial charge on any atom is -0.396 e. The molecule has 3 aromatic heterocycles. The number of fused-ring (bicyclic) bond motifs is 3. The van der Waals surface area contributed by atoms with Crippen LogP contribution in [0.15, 0.2) is 47.5 Å². The molecule has 0 aliphatic rings. The molecule has 4 aromatic rings. The van der Waals surface area contributed by atoms with E-state index in [0.29, 0.717) is 35.9 Å². The lowest BCUT2D eigenvalue weighted by Gasteiger charge is -2.07. The number of benzene rings is 1. The van der Waals surface area contributed by atoms with Gasteiger partial charge in [0.15, 0.2) is 5.65 Å². The Hall–Kier alpha value is -3.06. The molecule has 0 aliphatic heterocycles. The Morgan fingerprint density at radius 3 is 2.67 bits per heavy atom. The van der Waals surface area contributed by atoms with Gasteiger partial charge in [-0.05, 0) is 36.6 Å². The average Bonchev–Trinajstić information content (AvgIpc) is 3.07. The van der Waals surface area contributed by atoms with Crippen molar-refractivity contribution in [2.45, 2.75) is 26.3 Å². The predicted octanol–water partition coefficient (Wildman–Crippen LogP) is 2.80. The van der Waals surface area contributed by atoms with Crippen molar-refractivity contribution < 1.29 is 9.50 Å². The second-order valence-corrected chi connectivity index (χ2v) is 6.37. The fraction of sp³-hybridized carbons (Fsp3) is 0.250. The molecule has 0 aliphatic carbocycles. The number of pyridine rings is 1. The molecule has 27 heavy (non-hydrogen) atoms. The van der Waals surface area contributed by atoms with E-state index in [2.05, 4.69) is 10.1 Å². The van der Waals surface area contributed by atoms with Crippen molar-refractivity contribution in [3.8, 4) is 11.1 Å². The first-order valence-electron chi connectivity index (χ1n) is 8.90. The lowest BCUT2D eigenvalue weighted by Crippen LogP contribution is -2.21. The van der Waals surface area contributed by atoms with Crippen molar-refractivity contribution in [1.29, 1.82) is 0 Å². The van der Waals surface area contributed by atoms with Crippen LogP contribution in [0.25, 0.3) is 27.7 Å². The van der Waals surface area contributed by atoms with Gasteiger partial charge in [-0.15, -0.1) is 0 Å². The molecule has 0 saturated heterocycles. The molecule has 1 aromatic carbocycles. The number of aryl methyl sites for hydroxylation is 2. The highest BCUT2D eigenvalue weighted by molar-refractivity contribution is 5.86. The number of rotatable bonds is 5. The smallest absolute Gasteiger partial charge is 0.261 e. The Labute approximate surface area is 154 Å². The van der Waals surface area contributed by atoms with Gasteiger partial charge in [-0.25, -0.2) is 13.9 Å². The zero-order chi connectivity index (χ0) is 19.0. The maximum atomic E-state index is 13.3. The summed E-state index contributed by atoms with van der Waals surface area (Å²) in [6.07, 6.45) is 4.48. The third-order valence-corrected chi connectivity index (χ3v) is 4.68. The lowest BCUT2D eigenvalue weighted by atomic mass is 10.0. The Morgan fingerprint density at radius 1 is 1.19 bits per heavy atom. The Kier molecular flexibility index (Phi) is 4.45. The molecule has 0 saturated carbocycles. The normalized spacial score (nSPS) is 11.5. The van der Waals surface area contributed by atoms with E-state index in [4.69, 9.17) is 5.11 Å². The molecule has 4 rings (SSSR count). The van der Waals surface area contributed by atoms with Gasteiger partial charge in [0.2, 0.25) is 0 Å². The molecule has 0 unspecified atom stereocenters. The van der Waals surface area contributed by atoms with E-state index in [1.165, 1.54) is 12.1 Å². The van der Waals surface area contributed by atoms with Crippen molar-refractivity contribution in [3.63, 3.8) is 0 Å². The van der Waals surface area contributed by atoms with E-state index in [-0.39, 0.29) is 18.0 Å². The zero-order valence-corrected chi connectivity index (χ0v) is 14.9. The van der Waals surface area contributed by atoms with Gasteiger partial charge in [0.05, 0.1) is 16.6 Å². The average molecular weight is 366 g/mol. The summed E-state index contributed by atoms with van der Waals surface area (Å²) in [5, 5.41) is 14.1.